The van der Waals surface area contributed by atoms with E-state index < -0.39 is 5.60 Å². The van der Waals surface area contributed by atoms with Crippen molar-refractivity contribution in [2.45, 2.75) is 44.3 Å². The van der Waals surface area contributed by atoms with E-state index in [0.29, 0.717) is 0 Å². The lowest BCUT2D eigenvalue weighted by atomic mass is 9.77. The second-order valence-corrected chi connectivity index (χ2v) is 4.09. The molecule has 1 heterocycles. The number of hydrogen-bond acceptors (Lipinski definition) is 2. The van der Waals surface area contributed by atoms with Gasteiger partial charge in [-0.05, 0) is 25.2 Å². The Morgan fingerprint density at radius 2 is 2.27 bits per heavy atom. The lowest BCUT2D eigenvalue weighted by molar-refractivity contribution is -0.0748. The topological polar surface area (TPSA) is 29.5 Å². The molecular formula is C9H16O2. The molecule has 0 aromatic carbocycles. The number of aliphatic hydroxyl groups is 1. The maximum atomic E-state index is 10.0. The molecule has 2 rings (SSSR count). The highest BCUT2D eigenvalue weighted by Gasteiger charge is 2.45. The molecular weight excluding hydrogens is 140 g/mol. The van der Waals surface area contributed by atoms with Crippen LogP contribution in [0.3, 0.4) is 0 Å². The molecule has 0 bridgehead atoms. The molecule has 1 saturated heterocycles. The van der Waals surface area contributed by atoms with E-state index in [1.807, 2.05) is 0 Å². The summed E-state index contributed by atoms with van der Waals surface area (Å²) in [5, 5.41) is 10.0. The number of hydrogen-bond donors (Lipinski definition) is 1. The summed E-state index contributed by atoms with van der Waals surface area (Å²) < 4.78 is 5.48. The smallest absolute Gasteiger partial charge is 0.0930 e. The first kappa shape index (κ1) is 7.56. The molecule has 2 nitrogen and oxygen atoms in total. The van der Waals surface area contributed by atoms with Crippen molar-refractivity contribution in [3.8, 4) is 0 Å². The van der Waals surface area contributed by atoms with E-state index in [1.54, 1.807) is 0 Å². The second-order valence-electron chi connectivity index (χ2n) is 4.09. The van der Waals surface area contributed by atoms with Gasteiger partial charge in [-0.3, -0.25) is 0 Å². The van der Waals surface area contributed by atoms with Gasteiger partial charge >= 0.3 is 0 Å². The molecule has 0 radical (unpaired) electrons. The Labute approximate surface area is 67.6 Å². The fraction of sp³-hybridized carbons (Fsp3) is 1.00. The average Bonchev–Trinajstić information content (AvgIpc) is 2.31. The van der Waals surface area contributed by atoms with Crippen molar-refractivity contribution in [3.63, 3.8) is 0 Å². The van der Waals surface area contributed by atoms with E-state index in [0.717, 1.165) is 38.2 Å². The van der Waals surface area contributed by atoms with Gasteiger partial charge in [0, 0.05) is 13.0 Å². The molecule has 1 N–H and O–H groups in total. The maximum Gasteiger partial charge on any atom is 0.0930 e. The molecule has 2 heteroatoms. The Morgan fingerprint density at radius 3 is 3.09 bits per heavy atom. The average molecular weight is 156 g/mol. The highest BCUT2D eigenvalue weighted by Crippen LogP contribution is 2.40. The molecule has 0 spiro atoms. The molecule has 0 aromatic rings. The zero-order chi connectivity index (χ0) is 7.90. The van der Waals surface area contributed by atoms with Crippen molar-refractivity contribution in [2.24, 2.45) is 5.92 Å². The molecule has 1 saturated carbocycles. The van der Waals surface area contributed by atoms with Crippen LogP contribution in [0, 0.1) is 5.92 Å². The summed E-state index contributed by atoms with van der Waals surface area (Å²) in [5.74, 6) is 0.735. The van der Waals surface area contributed by atoms with Gasteiger partial charge in [-0.25, -0.2) is 0 Å². The summed E-state index contributed by atoms with van der Waals surface area (Å²) in [7, 11) is 0. The predicted molar refractivity (Wildman–Crippen MR) is 42.3 cm³/mol. The molecule has 3 atom stereocenters. The first-order chi connectivity index (χ1) is 5.21. The summed E-state index contributed by atoms with van der Waals surface area (Å²) in [6, 6.07) is 0. The minimum Gasteiger partial charge on any atom is -0.387 e. The molecule has 1 aliphatic heterocycles. The van der Waals surface area contributed by atoms with Gasteiger partial charge in [0.2, 0.25) is 0 Å². The van der Waals surface area contributed by atoms with Crippen LogP contribution in [-0.4, -0.2) is 23.4 Å². The summed E-state index contributed by atoms with van der Waals surface area (Å²) in [6.07, 6.45) is 4.15. The van der Waals surface area contributed by atoms with Crippen LogP contribution in [-0.2, 0) is 4.74 Å². The van der Waals surface area contributed by atoms with E-state index in [2.05, 4.69) is 6.92 Å². The number of rotatable bonds is 0. The fourth-order valence-electron chi connectivity index (χ4n) is 2.25. The molecule has 0 aromatic heterocycles. The van der Waals surface area contributed by atoms with Crippen LogP contribution >= 0.6 is 0 Å². The third-order valence-electron chi connectivity index (χ3n) is 3.14. The normalized spacial score (nSPS) is 50.7. The Balaban J connectivity index is 2.08. The van der Waals surface area contributed by atoms with Crippen LogP contribution in [0.15, 0.2) is 0 Å². The first-order valence-corrected chi connectivity index (χ1v) is 4.55. The molecule has 0 amide bonds. The Morgan fingerprint density at radius 1 is 1.45 bits per heavy atom. The van der Waals surface area contributed by atoms with E-state index in [9.17, 15) is 5.11 Å². The third kappa shape index (κ3) is 1.18. The lowest BCUT2D eigenvalue weighted by Gasteiger charge is -2.35. The van der Waals surface area contributed by atoms with Gasteiger partial charge in [-0.15, -0.1) is 0 Å². The quantitative estimate of drug-likeness (QED) is 0.573. The molecule has 1 aliphatic carbocycles. The van der Waals surface area contributed by atoms with Crippen LogP contribution in [0.4, 0.5) is 0 Å². The van der Waals surface area contributed by atoms with Crippen molar-refractivity contribution in [3.05, 3.63) is 0 Å². The second kappa shape index (κ2) is 2.46. The Hall–Kier alpha value is -0.0800. The molecule has 2 fully saturated rings. The molecule has 2 aliphatic rings. The van der Waals surface area contributed by atoms with E-state index in [1.165, 1.54) is 0 Å². The minimum atomic E-state index is -0.452. The summed E-state index contributed by atoms with van der Waals surface area (Å²) in [5.41, 5.74) is -0.452. The van der Waals surface area contributed by atoms with Gasteiger partial charge in [-0.1, -0.05) is 6.92 Å². The predicted octanol–water partition coefficient (Wildman–Crippen LogP) is 1.33. The zero-order valence-corrected chi connectivity index (χ0v) is 7.05. The van der Waals surface area contributed by atoms with E-state index >= 15 is 0 Å². The molecule has 11 heavy (non-hydrogen) atoms. The molecule has 64 valence electrons. The van der Waals surface area contributed by atoms with Crippen LogP contribution in [0.5, 0.6) is 0 Å². The molecule has 1 unspecified atom stereocenters. The zero-order valence-electron chi connectivity index (χ0n) is 7.05. The van der Waals surface area contributed by atoms with Crippen LogP contribution in [0.25, 0.3) is 0 Å². The highest BCUT2D eigenvalue weighted by molar-refractivity contribution is 4.96. The fourth-order valence-corrected chi connectivity index (χ4v) is 2.25. The van der Waals surface area contributed by atoms with Crippen LogP contribution < -0.4 is 0 Å². The van der Waals surface area contributed by atoms with Gasteiger partial charge in [0.05, 0.1) is 11.7 Å². The van der Waals surface area contributed by atoms with Gasteiger partial charge in [0.15, 0.2) is 0 Å². The van der Waals surface area contributed by atoms with Crippen molar-refractivity contribution >= 4 is 0 Å². The van der Waals surface area contributed by atoms with Gasteiger partial charge in [0.1, 0.15) is 0 Å². The number of ether oxygens (including phenoxy) is 1. The van der Waals surface area contributed by atoms with Gasteiger partial charge in [-0.2, -0.15) is 0 Å². The van der Waals surface area contributed by atoms with Gasteiger partial charge < -0.3 is 9.84 Å². The standard InChI is InChI=1S/C9H16O2/c1-7-2-3-9(10)4-5-11-8(9)6-7/h7-8,10H,2-6H2,1H3/t7?,8-,9+/m0/s1. The maximum absolute atomic E-state index is 10.0. The van der Waals surface area contributed by atoms with E-state index in [-0.39, 0.29) is 6.10 Å². The number of fused-ring (bicyclic) bond motifs is 1. The lowest BCUT2D eigenvalue weighted by Crippen LogP contribution is -2.42. The van der Waals surface area contributed by atoms with Gasteiger partial charge in [0.25, 0.3) is 0 Å². The first-order valence-electron chi connectivity index (χ1n) is 4.55. The van der Waals surface area contributed by atoms with Crippen LogP contribution in [0.1, 0.15) is 32.6 Å². The highest BCUT2D eigenvalue weighted by atomic mass is 16.5. The van der Waals surface area contributed by atoms with Crippen molar-refractivity contribution in [2.75, 3.05) is 6.61 Å². The Bertz CT molecular complexity index is 158. The SMILES string of the molecule is CC1CC[C@@]2(O)CCO[C@H]2C1. The summed E-state index contributed by atoms with van der Waals surface area (Å²) in [6.45, 7) is 3.00. The largest absolute Gasteiger partial charge is 0.387 e. The van der Waals surface area contributed by atoms with Crippen molar-refractivity contribution < 1.29 is 9.84 Å². The minimum absolute atomic E-state index is 0.145. The monoisotopic (exact) mass is 156 g/mol. The van der Waals surface area contributed by atoms with Crippen molar-refractivity contribution in [1.29, 1.82) is 0 Å². The summed E-state index contributed by atoms with van der Waals surface area (Å²) >= 11 is 0. The van der Waals surface area contributed by atoms with Crippen LogP contribution in [0.2, 0.25) is 0 Å². The third-order valence-corrected chi connectivity index (χ3v) is 3.14. The Kier molecular flexibility index (Phi) is 1.69. The van der Waals surface area contributed by atoms with Crippen molar-refractivity contribution in [1.82, 2.24) is 0 Å². The summed E-state index contributed by atoms with van der Waals surface area (Å²) in [4.78, 5) is 0. The van der Waals surface area contributed by atoms with E-state index in [4.69, 9.17) is 4.74 Å².